The lowest BCUT2D eigenvalue weighted by Gasteiger charge is -2.26. The number of nitrogens with zero attached hydrogens (tertiary/aromatic N) is 1. The van der Waals surface area contributed by atoms with Crippen LogP contribution >= 0.6 is 23.2 Å². The van der Waals surface area contributed by atoms with Gasteiger partial charge in [0.05, 0.1) is 11.7 Å². The maximum atomic E-state index is 13.2. The van der Waals surface area contributed by atoms with Crippen LogP contribution < -0.4 is 0 Å². The summed E-state index contributed by atoms with van der Waals surface area (Å²) in [4.78, 5) is 0. The average molecular weight is 389 g/mol. The van der Waals surface area contributed by atoms with Crippen LogP contribution in [0.3, 0.4) is 0 Å². The van der Waals surface area contributed by atoms with Gasteiger partial charge in [0.2, 0.25) is 0 Å². The molecular formula is C17H13Cl2F3N2O. The Morgan fingerprint density at radius 1 is 1.12 bits per heavy atom. The summed E-state index contributed by atoms with van der Waals surface area (Å²) in [7, 11) is 0. The van der Waals surface area contributed by atoms with Crippen molar-refractivity contribution in [2.24, 2.45) is 0 Å². The highest BCUT2D eigenvalue weighted by molar-refractivity contribution is 6.35. The van der Waals surface area contributed by atoms with Crippen LogP contribution in [0.1, 0.15) is 17.0 Å². The van der Waals surface area contributed by atoms with E-state index in [1.165, 1.54) is 18.2 Å². The predicted octanol–water partition coefficient (Wildman–Crippen LogP) is 5.12. The molecule has 0 spiro atoms. The molecule has 0 fully saturated rings. The van der Waals surface area contributed by atoms with Crippen molar-refractivity contribution >= 4 is 34.1 Å². The van der Waals surface area contributed by atoms with Gasteiger partial charge in [-0.15, -0.1) is 0 Å². The largest absolute Gasteiger partial charge is 0.414 e. The molecule has 3 rings (SSSR count). The van der Waals surface area contributed by atoms with Crippen LogP contribution in [-0.4, -0.2) is 27.6 Å². The molecule has 0 amide bonds. The number of fused-ring (bicyclic) bond motifs is 1. The molecule has 0 saturated heterocycles. The highest BCUT2D eigenvalue weighted by Gasteiger charge is 2.44. The molecule has 0 aliphatic heterocycles. The maximum Gasteiger partial charge on any atom is 0.414 e. The van der Waals surface area contributed by atoms with Gasteiger partial charge in [0.25, 0.3) is 0 Å². The highest BCUT2D eigenvalue weighted by Crippen LogP contribution is 2.38. The Balaban J connectivity index is 2.00. The third-order valence-electron chi connectivity index (χ3n) is 4.04. The Bertz CT molecular complexity index is 895. The van der Waals surface area contributed by atoms with Crippen LogP contribution in [0.4, 0.5) is 13.2 Å². The number of H-pyrrole nitrogens is 1. The van der Waals surface area contributed by atoms with Gasteiger partial charge in [0.1, 0.15) is 0 Å². The fourth-order valence-corrected chi connectivity index (χ4v) is 3.34. The predicted molar refractivity (Wildman–Crippen MR) is 91.1 cm³/mol. The third kappa shape index (κ3) is 3.92. The van der Waals surface area contributed by atoms with Gasteiger partial charge in [-0.3, -0.25) is 5.10 Å². The van der Waals surface area contributed by atoms with Crippen LogP contribution in [0.25, 0.3) is 10.9 Å². The zero-order valence-electron chi connectivity index (χ0n) is 12.7. The third-order valence-corrected chi connectivity index (χ3v) is 4.60. The van der Waals surface area contributed by atoms with Crippen LogP contribution in [0, 0.1) is 0 Å². The first-order valence-corrected chi connectivity index (χ1v) is 8.13. The minimum Gasteiger partial charge on any atom is -0.383 e. The second kappa shape index (κ2) is 6.86. The molecule has 0 aliphatic rings. The summed E-state index contributed by atoms with van der Waals surface area (Å²) in [6, 6.07) is 9.41. The number of hydrogen-bond acceptors (Lipinski definition) is 2. The number of rotatable bonds is 4. The summed E-state index contributed by atoms with van der Waals surface area (Å²) >= 11 is 11.9. The van der Waals surface area contributed by atoms with E-state index in [1.807, 2.05) is 0 Å². The van der Waals surface area contributed by atoms with Gasteiger partial charge in [-0.05, 0) is 41.8 Å². The lowest BCUT2D eigenvalue weighted by Crippen LogP contribution is -2.35. The van der Waals surface area contributed by atoms with Gasteiger partial charge < -0.3 is 5.11 Å². The molecule has 2 N–H and O–H groups in total. The van der Waals surface area contributed by atoms with Crippen molar-refractivity contribution in [3.05, 3.63) is 63.8 Å². The standard InChI is InChI=1S/C17H13Cl2F3N2O/c18-11-2-3-12(14(19)7-11)13(16(25)17(20,21)22)6-9-1-4-15-10(5-9)8-23-24-15/h1-5,7-8,13,16,25H,6H2,(H,23,24). The molecule has 3 aromatic rings. The number of hydrogen-bond donors (Lipinski definition) is 2. The fraction of sp³-hybridized carbons (Fsp3) is 0.235. The van der Waals surface area contributed by atoms with Crippen molar-refractivity contribution in [1.82, 2.24) is 10.2 Å². The molecule has 3 nitrogen and oxygen atoms in total. The van der Waals surface area contributed by atoms with Crippen molar-refractivity contribution in [2.75, 3.05) is 0 Å². The van der Waals surface area contributed by atoms with E-state index in [9.17, 15) is 18.3 Å². The number of benzene rings is 2. The smallest absolute Gasteiger partial charge is 0.383 e. The first-order valence-electron chi connectivity index (χ1n) is 7.37. The fourth-order valence-electron chi connectivity index (χ4n) is 2.80. The van der Waals surface area contributed by atoms with E-state index in [4.69, 9.17) is 23.2 Å². The van der Waals surface area contributed by atoms with Crippen molar-refractivity contribution in [2.45, 2.75) is 24.6 Å². The van der Waals surface area contributed by atoms with Crippen molar-refractivity contribution in [1.29, 1.82) is 0 Å². The molecule has 0 aliphatic carbocycles. The summed E-state index contributed by atoms with van der Waals surface area (Å²) in [6.45, 7) is 0. The molecule has 2 atom stereocenters. The summed E-state index contributed by atoms with van der Waals surface area (Å²) in [5.74, 6) is -1.26. The normalized spacial score (nSPS) is 14.6. The first kappa shape index (κ1) is 18.0. The number of alkyl halides is 3. The number of aromatic amines is 1. The van der Waals surface area contributed by atoms with E-state index >= 15 is 0 Å². The Morgan fingerprint density at radius 3 is 2.56 bits per heavy atom. The summed E-state index contributed by atoms with van der Waals surface area (Å²) < 4.78 is 39.5. The highest BCUT2D eigenvalue weighted by atomic mass is 35.5. The minimum absolute atomic E-state index is 0.0385. The minimum atomic E-state index is -4.77. The average Bonchev–Trinajstić information content (AvgIpc) is 2.99. The lowest BCUT2D eigenvalue weighted by molar-refractivity contribution is -0.210. The Hall–Kier alpha value is -1.76. The van der Waals surface area contributed by atoms with E-state index in [1.54, 1.807) is 24.4 Å². The van der Waals surface area contributed by atoms with Crippen LogP contribution in [0.5, 0.6) is 0 Å². The second-order valence-electron chi connectivity index (χ2n) is 5.75. The molecule has 0 saturated carbocycles. The van der Waals surface area contributed by atoms with Gasteiger partial charge in [-0.25, -0.2) is 0 Å². The summed E-state index contributed by atoms with van der Waals surface area (Å²) in [5.41, 5.74) is 1.61. The van der Waals surface area contributed by atoms with Gasteiger partial charge in [0, 0.05) is 21.3 Å². The Morgan fingerprint density at radius 2 is 1.88 bits per heavy atom. The lowest BCUT2D eigenvalue weighted by atomic mass is 9.86. The topological polar surface area (TPSA) is 48.9 Å². The molecule has 8 heteroatoms. The SMILES string of the molecule is OC(C(Cc1ccc2[nH]ncc2c1)c1ccc(Cl)cc1Cl)C(F)(F)F. The summed E-state index contributed by atoms with van der Waals surface area (Å²) in [5, 5.41) is 17.7. The molecule has 1 heterocycles. The molecule has 1 aromatic heterocycles. The number of aliphatic hydroxyl groups excluding tert-OH is 1. The molecule has 2 aromatic carbocycles. The molecule has 0 radical (unpaired) electrons. The van der Waals surface area contributed by atoms with Gasteiger partial charge >= 0.3 is 6.18 Å². The quantitative estimate of drug-likeness (QED) is 0.651. The van der Waals surface area contributed by atoms with Crippen molar-refractivity contribution < 1.29 is 18.3 Å². The summed E-state index contributed by atoms with van der Waals surface area (Å²) in [6.07, 6.45) is -5.77. The van der Waals surface area contributed by atoms with Crippen molar-refractivity contribution in [3.63, 3.8) is 0 Å². The Labute approximate surface area is 151 Å². The van der Waals surface area contributed by atoms with E-state index in [-0.39, 0.29) is 17.0 Å². The van der Waals surface area contributed by atoms with Gasteiger partial charge in [0.15, 0.2) is 6.10 Å². The zero-order valence-corrected chi connectivity index (χ0v) is 14.2. The monoisotopic (exact) mass is 388 g/mol. The molecule has 132 valence electrons. The first-order chi connectivity index (χ1) is 11.8. The van der Waals surface area contributed by atoms with Crippen LogP contribution in [-0.2, 0) is 6.42 Å². The second-order valence-corrected chi connectivity index (χ2v) is 6.60. The Kier molecular flexibility index (Phi) is 4.95. The van der Waals surface area contributed by atoms with E-state index in [0.717, 1.165) is 10.9 Å². The van der Waals surface area contributed by atoms with E-state index in [2.05, 4.69) is 10.2 Å². The number of aliphatic hydroxyl groups is 1. The number of nitrogens with one attached hydrogen (secondary N) is 1. The molecular weight excluding hydrogens is 376 g/mol. The molecule has 0 bridgehead atoms. The molecule has 25 heavy (non-hydrogen) atoms. The number of halogens is 5. The van der Waals surface area contributed by atoms with E-state index < -0.39 is 18.2 Å². The maximum absolute atomic E-state index is 13.2. The van der Waals surface area contributed by atoms with Crippen molar-refractivity contribution in [3.8, 4) is 0 Å². The van der Waals surface area contributed by atoms with Crippen LogP contribution in [0.2, 0.25) is 10.0 Å². The van der Waals surface area contributed by atoms with Gasteiger partial charge in [-0.1, -0.05) is 35.3 Å². The zero-order chi connectivity index (χ0) is 18.2. The van der Waals surface area contributed by atoms with E-state index in [0.29, 0.717) is 10.6 Å². The number of aromatic nitrogens is 2. The van der Waals surface area contributed by atoms with Gasteiger partial charge in [-0.2, -0.15) is 18.3 Å². The molecule has 2 unspecified atom stereocenters. The van der Waals surface area contributed by atoms with Crippen LogP contribution in [0.15, 0.2) is 42.6 Å².